The lowest BCUT2D eigenvalue weighted by Gasteiger charge is -1.99. The van der Waals surface area contributed by atoms with Crippen LogP contribution in [0.3, 0.4) is 0 Å². The molecule has 2 nitrogen and oxygen atoms in total. The molecule has 0 rings (SSSR count). The SMILES string of the molecule is C[CH]OCOCCC. The second-order valence-corrected chi connectivity index (χ2v) is 1.43. The first-order valence-electron chi connectivity index (χ1n) is 2.89. The van der Waals surface area contributed by atoms with Gasteiger partial charge in [-0.05, 0) is 13.3 Å². The van der Waals surface area contributed by atoms with Crippen molar-refractivity contribution < 1.29 is 9.47 Å². The third kappa shape index (κ3) is 5.92. The number of rotatable bonds is 5. The Morgan fingerprint density at radius 1 is 1.50 bits per heavy atom. The molecule has 8 heavy (non-hydrogen) atoms. The molecule has 0 fully saturated rings. The van der Waals surface area contributed by atoms with Gasteiger partial charge in [-0.25, -0.2) is 0 Å². The molecule has 1 radical (unpaired) electrons. The van der Waals surface area contributed by atoms with Gasteiger partial charge < -0.3 is 9.47 Å². The van der Waals surface area contributed by atoms with Crippen LogP contribution in [0.5, 0.6) is 0 Å². The molecule has 0 atom stereocenters. The highest BCUT2D eigenvalue weighted by atomic mass is 16.7. The Labute approximate surface area is 50.8 Å². The fourth-order valence-corrected chi connectivity index (χ4v) is 0.319. The molecule has 0 aliphatic rings. The van der Waals surface area contributed by atoms with Crippen molar-refractivity contribution >= 4 is 0 Å². The van der Waals surface area contributed by atoms with Gasteiger partial charge in [-0.15, -0.1) is 0 Å². The average Bonchev–Trinajstić information content (AvgIpc) is 1.81. The van der Waals surface area contributed by atoms with E-state index in [1.807, 2.05) is 6.92 Å². The van der Waals surface area contributed by atoms with E-state index in [4.69, 9.17) is 9.47 Å². The van der Waals surface area contributed by atoms with Crippen molar-refractivity contribution in [3.8, 4) is 0 Å². The highest BCUT2D eigenvalue weighted by molar-refractivity contribution is 4.28. The van der Waals surface area contributed by atoms with Crippen LogP contribution in [0.4, 0.5) is 0 Å². The molecule has 0 saturated carbocycles. The van der Waals surface area contributed by atoms with E-state index < -0.39 is 0 Å². The van der Waals surface area contributed by atoms with Gasteiger partial charge in [0.25, 0.3) is 0 Å². The number of hydrogen-bond donors (Lipinski definition) is 0. The van der Waals surface area contributed by atoms with E-state index in [1.165, 1.54) is 0 Å². The molecular formula is C6H13O2. The maximum absolute atomic E-state index is 4.97. The predicted molar refractivity (Wildman–Crippen MR) is 32.2 cm³/mol. The van der Waals surface area contributed by atoms with Crippen molar-refractivity contribution in [2.24, 2.45) is 0 Å². The molecule has 0 heterocycles. The van der Waals surface area contributed by atoms with E-state index in [-0.39, 0.29) is 0 Å². The van der Waals surface area contributed by atoms with Gasteiger partial charge in [0, 0.05) is 6.61 Å². The van der Waals surface area contributed by atoms with Gasteiger partial charge in [0.2, 0.25) is 0 Å². The van der Waals surface area contributed by atoms with Gasteiger partial charge in [0.05, 0.1) is 6.61 Å². The van der Waals surface area contributed by atoms with E-state index in [0.717, 1.165) is 13.0 Å². The molecule has 49 valence electrons. The topological polar surface area (TPSA) is 18.5 Å². The summed E-state index contributed by atoms with van der Waals surface area (Å²) < 4.78 is 9.76. The van der Waals surface area contributed by atoms with Crippen LogP contribution in [-0.4, -0.2) is 13.4 Å². The van der Waals surface area contributed by atoms with Crippen LogP contribution in [-0.2, 0) is 9.47 Å². The van der Waals surface area contributed by atoms with E-state index >= 15 is 0 Å². The molecule has 0 amide bonds. The molecule has 0 aromatic heterocycles. The van der Waals surface area contributed by atoms with Crippen molar-refractivity contribution in [2.45, 2.75) is 20.3 Å². The molecule has 0 spiro atoms. The highest BCUT2D eigenvalue weighted by Crippen LogP contribution is 1.82. The Bertz CT molecular complexity index is 31.5. The molecule has 0 aromatic carbocycles. The standard InChI is InChI=1S/C6H13O2/c1-3-5-8-6-7-4-2/h4H,3,5-6H2,1-2H3. The molecule has 0 aliphatic carbocycles. The minimum absolute atomic E-state index is 0.393. The monoisotopic (exact) mass is 117 g/mol. The molecule has 0 bridgehead atoms. The van der Waals surface area contributed by atoms with Crippen LogP contribution < -0.4 is 0 Å². The smallest absolute Gasteiger partial charge is 0.147 e. The van der Waals surface area contributed by atoms with Crippen LogP contribution in [0.25, 0.3) is 0 Å². The summed E-state index contributed by atoms with van der Waals surface area (Å²) >= 11 is 0. The van der Waals surface area contributed by atoms with Crippen molar-refractivity contribution in [3.63, 3.8) is 0 Å². The molecular weight excluding hydrogens is 104 g/mol. The fraction of sp³-hybridized carbons (Fsp3) is 0.833. The molecule has 0 aliphatic heterocycles. The fourth-order valence-electron chi connectivity index (χ4n) is 0.319. The van der Waals surface area contributed by atoms with Gasteiger partial charge in [0.1, 0.15) is 6.79 Å². The molecule has 0 aromatic rings. The Morgan fingerprint density at radius 2 is 2.25 bits per heavy atom. The third-order valence-electron chi connectivity index (χ3n) is 0.667. The summed E-state index contributed by atoms with van der Waals surface area (Å²) in [5.41, 5.74) is 0. The number of hydrogen-bond acceptors (Lipinski definition) is 2. The zero-order valence-corrected chi connectivity index (χ0v) is 5.52. The van der Waals surface area contributed by atoms with Crippen molar-refractivity contribution in [2.75, 3.05) is 13.4 Å². The zero-order valence-electron chi connectivity index (χ0n) is 5.52. The third-order valence-corrected chi connectivity index (χ3v) is 0.667. The first kappa shape index (κ1) is 7.92. The molecule has 2 heteroatoms. The molecule has 0 unspecified atom stereocenters. The van der Waals surface area contributed by atoms with Crippen molar-refractivity contribution in [1.29, 1.82) is 0 Å². The first-order chi connectivity index (χ1) is 3.91. The second kappa shape index (κ2) is 6.92. The van der Waals surface area contributed by atoms with Crippen LogP contribution in [0, 0.1) is 6.61 Å². The maximum Gasteiger partial charge on any atom is 0.147 e. The quantitative estimate of drug-likeness (QED) is 0.402. The Morgan fingerprint density at radius 3 is 2.75 bits per heavy atom. The van der Waals surface area contributed by atoms with E-state index in [1.54, 1.807) is 6.61 Å². The number of ether oxygens (including phenoxy) is 2. The minimum atomic E-state index is 0.393. The van der Waals surface area contributed by atoms with E-state index in [9.17, 15) is 0 Å². The lowest BCUT2D eigenvalue weighted by Crippen LogP contribution is -1.97. The summed E-state index contributed by atoms with van der Waals surface area (Å²) in [6.45, 7) is 6.69. The van der Waals surface area contributed by atoms with Gasteiger partial charge in [-0.1, -0.05) is 6.92 Å². The van der Waals surface area contributed by atoms with Crippen molar-refractivity contribution in [1.82, 2.24) is 0 Å². The lowest BCUT2D eigenvalue weighted by atomic mass is 10.5. The van der Waals surface area contributed by atoms with Crippen LogP contribution in [0.2, 0.25) is 0 Å². The lowest BCUT2D eigenvalue weighted by molar-refractivity contribution is -0.0263. The predicted octanol–water partition coefficient (Wildman–Crippen LogP) is 1.57. The summed E-state index contributed by atoms with van der Waals surface area (Å²) in [6.07, 6.45) is 1.05. The first-order valence-corrected chi connectivity index (χ1v) is 2.89. The molecule has 0 N–H and O–H groups in total. The Hall–Kier alpha value is -0.0800. The Kier molecular flexibility index (Phi) is 6.85. The second-order valence-electron chi connectivity index (χ2n) is 1.43. The van der Waals surface area contributed by atoms with E-state index in [0.29, 0.717) is 6.79 Å². The normalized spacial score (nSPS) is 9.75. The van der Waals surface area contributed by atoms with Crippen molar-refractivity contribution in [3.05, 3.63) is 6.61 Å². The highest BCUT2D eigenvalue weighted by Gasteiger charge is 1.80. The zero-order chi connectivity index (χ0) is 6.24. The van der Waals surface area contributed by atoms with Crippen LogP contribution in [0.1, 0.15) is 20.3 Å². The van der Waals surface area contributed by atoms with Gasteiger partial charge in [0.15, 0.2) is 0 Å². The molecule has 0 saturated heterocycles. The largest absolute Gasteiger partial charge is 0.355 e. The van der Waals surface area contributed by atoms with E-state index in [2.05, 4.69) is 6.92 Å². The van der Waals surface area contributed by atoms with Crippen LogP contribution in [0.15, 0.2) is 0 Å². The van der Waals surface area contributed by atoms with Crippen LogP contribution >= 0.6 is 0 Å². The van der Waals surface area contributed by atoms with Gasteiger partial charge in [-0.2, -0.15) is 0 Å². The summed E-state index contributed by atoms with van der Waals surface area (Å²) in [7, 11) is 0. The van der Waals surface area contributed by atoms with Gasteiger partial charge >= 0.3 is 0 Å². The minimum Gasteiger partial charge on any atom is -0.355 e. The summed E-state index contributed by atoms with van der Waals surface area (Å²) in [6, 6.07) is 0. The summed E-state index contributed by atoms with van der Waals surface area (Å²) in [5.74, 6) is 0. The summed E-state index contributed by atoms with van der Waals surface area (Å²) in [5, 5.41) is 0. The summed E-state index contributed by atoms with van der Waals surface area (Å²) in [4.78, 5) is 0. The Balaban J connectivity index is 2.53. The maximum atomic E-state index is 4.97. The van der Waals surface area contributed by atoms with Gasteiger partial charge in [-0.3, -0.25) is 0 Å². The average molecular weight is 117 g/mol.